The van der Waals surface area contributed by atoms with Crippen LogP contribution in [0.25, 0.3) is 10.9 Å². The van der Waals surface area contributed by atoms with Crippen molar-refractivity contribution in [3.8, 4) is 0 Å². The van der Waals surface area contributed by atoms with Gasteiger partial charge >= 0.3 is 5.69 Å². The van der Waals surface area contributed by atoms with E-state index in [2.05, 4.69) is 27.6 Å². The zero-order valence-corrected chi connectivity index (χ0v) is 12.9. The van der Waals surface area contributed by atoms with Gasteiger partial charge in [0.25, 0.3) is 5.56 Å². The highest BCUT2D eigenvalue weighted by atomic mass is 127. The third kappa shape index (κ3) is 2.76. The molecule has 21 heavy (non-hydrogen) atoms. The molecule has 0 aliphatic heterocycles. The Kier molecular flexibility index (Phi) is 3.62. The molecular formula is C15H10FIN2O2. The van der Waals surface area contributed by atoms with Crippen LogP contribution in [0.1, 0.15) is 5.56 Å². The Bertz CT molecular complexity index is 929. The number of nitrogens with one attached hydrogen (secondary N) is 1. The molecule has 2 aromatic carbocycles. The third-order valence-corrected chi connectivity index (χ3v) is 3.87. The maximum atomic E-state index is 12.9. The van der Waals surface area contributed by atoms with E-state index in [9.17, 15) is 14.0 Å². The van der Waals surface area contributed by atoms with Crippen molar-refractivity contribution in [3.05, 3.63) is 78.3 Å². The van der Waals surface area contributed by atoms with Gasteiger partial charge in [-0.25, -0.2) is 9.18 Å². The third-order valence-electron chi connectivity index (χ3n) is 3.20. The Balaban J connectivity index is 2.16. The van der Waals surface area contributed by atoms with Crippen LogP contribution in [0.15, 0.2) is 52.1 Å². The second-order valence-electron chi connectivity index (χ2n) is 4.64. The van der Waals surface area contributed by atoms with Gasteiger partial charge in [0, 0.05) is 3.57 Å². The first-order chi connectivity index (χ1) is 10.0. The summed E-state index contributed by atoms with van der Waals surface area (Å²) in [5.41, 5.74) is 0.379. The molecule has 3 aromatic rings. The number of rotatable bonds is 2. The largest absolute Gasteiger partial charge is 0.329 e. The highest BCUT2D eigenvalue weighted by Gasteiger charge is 2.08. The lowest BCUT2D eigenvalue weighted by Gasteiger charge is -2.07. The number of H-pyrrole nitrogens is 1. The molecular weight excluding hydrogens is 386 g/mol. The maximum absolute atomic E-state index is 12.9. The van der Waals surface area contributed by atoms with Crippen LogP contribution in [0, 0.1) is 9.39 Å². The molecule has 1 aromatic heterocycles. The van der Waals surface area contributed by atoms with Crippen LogP contribution < -0.4 is 11.2 Å². The Morgan fingerprint density at radius 1 is 1.10 bits per heavy atom. The Morgan fingerprint density at radius 3 is 2.52 bits per heavy atom. The van der Waals surface area contributed by atoms with Gasteiger partial charge in [-0.2, -0.15) is 0 Å². The van der Waals surface area contributed by atoms with E-state index in [0.717, 1.165) is 8.14 Å². The molecule has 0 fully saturated rings. The molecule has 0 saturated heterocycles. The monoisotopic (exact) mass is 396 g/mol. The molecule has 0 saturated carbocycles. The van der Waals surface area contributed by atoms with Gasteiger partial charge in [0.2, 0.25) is 0 Å². The average Bonchev–Trinajstić information content (AvgIpc) is 2.46. The minimum absolute atomic E-state index is 0.107. The number of benzene rings is 2. The van der Waals surface area contributed by atoms with Gasteiger partial charge in [0.15, 0.2) is 0 Å². The number of nitrogens with zero attached hydrogens (tertiary/aromatic N) is 1. The predicted octanol–water partition coefficient (Wildman–Crippen LogP) is 2.48. The lowest BCUT2D eigenvalue weighted by Crippen LogP contribution is -2.35. The topological polar surface area (TPSA) is 54.9 Å². The van der Waals surface area contributed by atoms with Crippen LogP contribution in [-0.2, 0) is 6.54 Å². The highest BCUT2D eigenvalue weighted by molar-refractivity contribution is 14.1. The van der Waals surface area contributed by atoms with Gasteiger partial charge in [0.1, 0.15) is 5.82 Å². The molecule has 6 heteroatoms. The second-order valence-corrected chi connectivity index (χ2v) is 5.88. The van der Waals surface area contributed by atoms with E-state index in [-0.39, 0.29) is 17.9 Å². The fourth-order valence-corrected chi connectivity index (χ4v) is 2.63. The standard InChI is InChI=1S/C15H10FIN2O2/c16-10-3-1-9(2-4-10)8-19-14(20)12-7-11(17)5-6-13(12)18-15(19)21/h1-7H,8H2,(H,18,21). The Hall–Kier alpha value is -1.96. The first-order valence-corrected chi connectivity index (χ1v) is 7.29. The van der Waals surface area contributed by atoms with Crippen molar-refractivity contribution in [3.63, 3.8) is 0 Å². The van der Waals surface area contributed by atoms with E-state index in [0.29, 0.717) is 16.5 Å². The molecule has 3 rings (SSSR count). The van der Waals surface area contributed by atoms with Gasteiger partial charge in [-0.3, -0.25) is 9.36 Å². The molecule has 0 amide bonds. The van der Waals surface area contributed by atoms with Crippen molar-refractivity contribution in [1.29, 1.82) is 0 Å². The fourth-order valence-electron chi connectivity index (χ4n) is 2.14. The Morgan fingerprint density at radius 2 is 1.81 bits per heavy atom. The van der Waals surface area contributed by atoms with Crippen LogP contribution in [0.5, 0.6) is 0 Å². The molecule has 0 radical (unpaired) electrons. The fraction of sp³-hybridized carbons (Fsp3) is 0.0667. The number of aromatic amines is 1. The molecule has 0 atom stereocenters. The van der Waals surface area contributed by atoms with Crippen molar-refractivity contribution in [2.24, 2.45) is 0 Å². The molecule has 4 nitrogen and oxygen atoms in total. The average molecular weight is 396 g/mol. The van der Waals surface area contributed by atoms with Crippen LogP contribution in [-0.4, -0.2) is 9.55 Å². The number of hydrogen-bond acceptors (Lipinski definition) is 2. The van der Waals surface area contributed by atoms with Crippen molar-refractivity contribution in [2.75, 3.05) is 0 Å². The molecule has 0 aliphatic carbocycles. The molecule has 0 spiro atoms. The molecule has 0 unspecified atom stereocenters. The van der Waals surface area contributed by atoms with Crippen LogP contribution in [0.3, 0.4) is 0 Å². The van der Waals surface area contributed by atoms with Gasteiger partial charge in [0.05, 0.1) is 17.4 Å². The van der Waals surface area contributed by atoms with Crippen molar-refractivity contribution >= 4 is 33.5 Å². The number of aromatic nitrogens is 2. The smallest absolute Gasteiger partial charge is 0.307 e. The van der Waals surface area contributed by atoms with Gasteiger partial charge in [-0.05, 0) is 58.5 Å². The lowest BCUT2D eigenvalue weighted by atomic mass is 10.2. The summed E-state index contributed by atoms with van der Waals surface area (Å²) in [5, 5.41) is 0.462. The Labute approximate surface area is 132 Å². The van der Waals surface area contributed by atoms with E-state index >= 15 is 0 Å². The number of fused-ring (bicyclic) bond motifs is 1. The quantitative estimate of drug-likeness (QED) is 0.677. The summed E-state index contributed by atoms with van der Waals surface area (Å²) in [7, 11) is 0. The molecule has 1 heterocycles. The van der Waals surface area contributed by atoms with Crippen molar-refractivity contribution in [2.45, 2.75) is 6.54 Å². The van der Waals surface area contributed by atoms with Gasteiger partial charge in [-0.15, -0.1) is 0 Å². The normalized spacial score (nSPS) is 11.0. The molecule has 0 bridgehead atoms. The minimum atomic E-state index is -0.474. The van der Waals surface area contributed by atoms with Crippen LogP contribution >= 0.6 is 22.6 Å². The SMILES string of the molecule is O=c1[nH]c2ccc(I)cc2c(=O)n1Cc1ccc(F)cc1. The maximum Gasteiger partial charge on any atom is 0.329 e. The van der Waals surface area contributed by atoms with E-state index in [1.807, 2.05) is 6.07 Å². The van der Waals surface area contributed by atoms with E-state index < -0.39 is 5.69 Å². The minimum Gasteiger partial charge on any atom is -0.307 e. The molecule has 0 aliphatic rings. The second kappa shape index (κ2) is 5.44. The lowest BCUT2D eigenvalue weighted by molar-refractivity contribution is 0.625. The summed E-state index contributed by atoms with van der Waals surface area (Å²) in [4.78, 5) is 27.2. The summed E-state index contributed by atoms with van der Waals surface area (Å²) < 4.78 is 14.9. The number of hydrogen-bond donors (Lipinski definition) is 1. The van der Waals surface area contributed by atoms with Crippen molar-refractivity contribution in [1.82, 2.24) is 9.55 Å². The summed E-state index contributed by atoms with van der Waals surface area (Å²) >= 11 is 2.11. The highest BCUT2D eigenvalue weighted by Crippen LogP contribution is 2.11. The number of halogens is 2. The molecule has 106 valence electrons. The summed E-state index contributed by atoms with van der Waals surface area (Å²) in [6, 6.07) is 11.0. The van der Waals surface area contributed by atoms with E-state index in [1.165, 1.54) is 12.1 Å². The summed E-state index contributed by atoms with van der Waals surface area (Å²) in [6.07, 6.45) is 0. The van der Waals surface area contributed by atoms with E-state index in [1.54, 1.807) is 24.3 Å². The summed E-state index contributed by atoms with van der Waals surface area (Å²) in [6.45, 7) is 0.107. The molecule has 1 N–H and O–H groups in total. The van der Waals surface area contributed by atoms with Crippen LogP contribution in [0.4, 0.5) is 4.39 Å². The first kappa shape index (κ1) is 14.0. The summed E-state index contributed by atoms with van der Waals surface area (Å²) in [5.74, 6) is -0.354. The van der Waals surface area contributed by atoms with Gasteiger partial charge in [-0.1, -0.05) is 12.1 Å². The first-order valence-electron chi connectivity index (χ1n) is 6.21. The van der Waals surface area contributed by atoms with Crippen LogP contribution in [0.2, 0.25) is 0 Å². The zero-order valence-electron chi connectivity index (χ0n) is 10.8. The van der Waals surface area contributed by atoms with E-state index in [4.69, 9.17) is 0 Å². The van der Waals surface area contributed by atoms with Crippen molar-refractivity contribution < 1.29 is 4.39 Å². The zero-order chi connectivity index (χ0) is 15.0. The van der Waals surface area contributed by atoms with Gasteiger partial charge < -0.3 is 4.98 Å². The predicted molar refractivity (Wildman–Crippen MR) is 87.0 cm³/mol.